The Balaban J connectivity index is 2.32. The molecule has 2 heterocycles. The molecule has 1 aliphatic rings. The summed E-state index contributed by atoms with van der Waals surface area (Å²) in [6.07, 6.45) is 1.42. The van der Waals surface area contributed by atoms with Crippen LogP contribution in [-0.2, 0) is 10.0 Å². The lowest BCUT2D eigenvalue weighted by atomic mass is 10.0. The zero-order valence-corrected chi connectivity index (χ0v) is 12.4. The molecule has 2 rings (SSSR count). The summed E-state index contributed by atoms with van der Waals surface area (Å²) in [5, 5.41) is 8.89. The SMILES string of the molecule is N#CC1CCCN(S(=O)(=O)c2cc(Cl)sc2Cl)C1. The average Bonchev–Trinajstić information content (AvgIpc) is 2.69. The molecule has 4 nitrogen and oxygen atoms in total. The van der Waals surface area contributed by atoms with Crippen LogP contribution in [-0.4, -0.2) is 25.8 Å². The molecule has 0 aromatic carbocycles. The van der Waals surface area contributed by atoms with Crippen molar-refractivity contribution in [1.29, 1.82) is 5.26 Å². The molecular formula is C10H10Cl2N2O2S2. The molecule has 0 N–H and O–H groups in total. The van der Waals surface area contributed by atoms with Crippen molar-refractivity contribution in [2.24, 2.45) is 5.92 Å². The highest BCUT2D eigenvalue weighted by Gasteiger charge is 2.32. The molecule has 0 radical (unpaired) electrons. The quantitative estimate of drug-likeness (QED) is 0.840. The number of nitrogens with zero attached hydrogens (tertiary/aromatic N) is 2. The minimum Gasteiger partial charge on any atom is -0.207 e. The monoisotopic (exact) mass is 324 g/mol. The number of halogens is 2. The lowest BCUT2D eigenvalue weighted by molar-refractivity contribution is 0.305. The van der Waals surface area contributed by atoms with E-state index in [4.69, 9.17) is 28.5 Å². The van der Waals surface area contributed by atoms with E-state index in [-0.39, 0.29) is 21.7 Å². The van der Waals surface area contributed by atoms with Crippen LogP contribution in [0.5, 0.6) is 0 Å². The lowest BCUT2D eigenvalue weighted by Crippen LogP contribution is -2.39. The molecule has 8 heteroatoms. The van der Waals surface area contributed by atoms with E-state index in [2.05, 4.69) is 6.07 Å². The van der Waals surface area contributed by atoms with Gasteiger partial charge in [0.1, 0.15) is 9.23 Å². The maximum atomic E-state index is 12.4. The van der Waals surface area contributed by atoms with Crippen molar-refractivity contribution >= 4 is 44.6 Å². The summed E-state index contributed by atoms with van der Waals surface area (Å²) in [6.45, 7) is 0.646. The Morgan fingerprint density at radius 2 is 2.22 bits per heavy atom. The molecule has 0 aliphatic carbocycles. The zero-order valence-electron chi connectivity index (χ0n) is 9.27. The van der Waals surface area contributed by atoms with Crippen LogP contribution in [0.1, 0.15) is 12.8 Å². The second kappa shape index (κ2) is 5.35. The highest BCUT2D eigenvalue weighted by atomic mass is 35.5. The van der Waals surface area contributed by atoms with Gasteiger partial charge in [-0.25, -0.2) is 8.42 Å². The first kappa shape index (κ1) is 14.1. The van der Waals surface area contributed by atoms with Gasteiger partial charge in [-0.05, 0) is 18.9 Å². The fourth-order valence-corrected chi connectivity index (χ4v) is 5.54. The first-order valence-electron chi connectivity index (χ1n) is 5.29. The standard InChI is InChI=1S/C10H10Cl2N2O2S2/c11-9-4-8(10(12)17-9)18(15,16)14-3-1-2-7(5-13)6-14/h4,7H,1-3,6H2. The zero-order chi connectivity index (χ0) is 13.3. The van der Waals surface area contributed by atoms with E-state index in [1.165, 1.54) is 10.4 Å². The molecule has 1 fully saturated rings. The van der Waals surface area contributed by atoms with Gasteiger partial charge in [0.15, 0.2) is 0 Å². The summed E-state index contributed by atoms with van der Waals surface area (Å²) < 4.78 is 26.5. The number of nitriles is 1. The summed E-state index contributed by atoms with van der Waals surface area (Å²) in [7, 11) is -3.64. The normalized spacial score (nSPS) is 21.7. The van der Waals surface area contributed by atoms with Crippen LogP contribution >= 0.6 is 34.5 Å². The van der Waals surface area contributed by atoms with Gasteiger partial charge in [-0.1, -0.05) is 23.2 Å². The van der Waals surface area contributed by atoms with Crippen LogP contribution in [0, 0.1) is 17.2 Å². The molecule has 1 saturated heterocycles. The molecule has 0 saturated carbocycles. The van der Waals surface area contributed by atoms with Crippen molar-refractivity contribution in [3.05, 3.63) is 14.7 Å². The Hall–Kier alpha value is -0.320. The number of thiophene rings is 1. The molecule has 0 spiro atoms. The van der Waals surface area contributed by atoms with Crippen LogP contribution in [0.3, 0.4) is 0 Å². The third-order valence-corrected chi connectivity index (χ3v) is 6.43. The number of hydrogen-bond acceptors (Lipinski definition) is 4. The fourth-order valence-electron chi connectivity index (χ4n) is 1.91. The molecule has 1 aromatic heterocycles. The van der Waals surface area contributed by atoms with Gasteiger partial charge in [0.2, 0.25) is 10.0 Å². The van der Waals surface area contributed by atoms with Crippen molar-refractivity contribution in [2.75, 3.05) is 13.1 Å². The predicted molar refractivity (Wildman–Crippen MR) is 71.4 cm³/mol. The lowest BCUT2D eigenvalue weighted by Gasteiger charge is -2.28. The Kier molecular flexibility index (Phi) is 4.19. The van der Waals surface area contributed by atoms with Gasteiger partial charge < -0.3 is 0 Å². The van der Waals surface area contributed by atoms with Crippen LogP contribution in [0.2, 0.25) is 8.67 Å². The minimum absolute atomic E-state index is 0.0396. The summed E-state index contributed by atoms with van der Waals surface area (Å²) in [5.41, 5.74) is 0. The Morgan fingerprint density at radius 1 is 1.50 bits per heavy atom. The summed E-state index contributed by atoms with van der Waals surface area (Å²) in [4.78, 5) is 0.0396. The first-order chi connectivity index (χ1) is 8.45. The maximum absolute atomic E-state index is 12.4. The number of sulfonamides is 1. The topological polar surface area (TPSA) is 61.2 Å². The van der Waals surface area contributed by atoms with Crippen molar-refractivity contribution in [2.45, 2.75) is 17.7 Å². The highest BCUT2D eigenvalue weighted by molar-refractivity contribution is 7.89. The second-order valence-electron chi connectivity index (χ2n) is 4.02. The van der Waals surface area contributed by atoms with E-state index in [1.54, 1.807) is 0 Å². The van der Waals surface area contributed by atoms with E-state index >= 15 is 0 Å². The highest BCUT2D eigenvalue weighted by Crippen LogP contribution is 2.36. The van der Waals surface area contributed by atoms with Crippen molar-refractivity contribution in [3.63, 3.8) is 0 Å². The Morgan fingerprint density at radius 3 is 2.78 bits per heavy atom. The van der Waals surface area contributed by atoms with Crippen LogP contribution in [0.15, 0.2) is 11.0 Å². The molecule has 98 valence electrons. The number of hydrogen-bond donors (Lipinski definition) is 0. The van der Waals surface area contributed by atoms with E-state index in [9.17, 15) is 8.42 Å². The van der Waals surface area contributed by atoms with E-state index < -0.39 is 10.0 Å². The second-order valence-corrected chi connectivity index (χ2v) is 8.21. The molecule has 1 atom stereocenters. The fraction of sp³-hybridized carbons (Fsp3) is 0.500. The molecule has 1 aromatic rings. The minimum atomic E-state index is -3.64. The van der Waals surface area contributed by atoms with Gasteiger partial charge in [0.25, 0.3) is 0 Å². The molecule has 1 unspecified atom stereocenters. The molecule has 1 aliphatic heterocycles. The van der Waals surface area contributed by atoms with Crippen LogP contribution in [0.25, 0.3) is 0 Å². The van der Waals surface area contributed by atoms with Gasteiger partial charge in [-0.2, -0.15) is 9.57 Å². The van der Waals surface area contributed by atoms with Crippen molar-refractivity contribution in [1.82, 2.24) is 4.31 Å². The van der Waals surface area contributed by atoms with Crippen LogP contribution < -0.4 is 0 Å². The summed E-state index contributed by atoms with van der Waals surface area (Å²) in [5.74, 6) is -0.249. The van der Waals surface area contributed by atoms with Gasteiger partial charge >= 0.3 is 0 Å². The third-order valence-electron chi connectivity index (χ3n) is 2.81. The van der Waals surface area contributed by atoms with Gasteiger partial charge in [0.05, 0.1) is 16.3 Å². The van der Waals surface area contributed by atoms with Crippen molar-refractivity contribution in [3.8, 4) is 6.07 Å². The Bertz CT molecular complexity index is 592. The third kappa shape index (κ3) is 2.65. The number of rotatable bonds is 2. The van der Waals surface area contributed by atoms with Gasteiger partial charge in [-0.15, -0.1) is 11.3 Å². The Labute approximate surface area is 120 Å². The smallest absolute Gasteiger partial charge is 0.207 e. The van der Waals surface area contributed by atoms with E-state index in [0.29, 0.717) is 17.3 Å². The summed E-state index contributed by atoms with van der Waals surface area (Å²) >= 11 is 12.7. The van der Waals surface area contributed by atoms with Gasteiger partial charge in [0, 0.05) is 13.1 Å². The molecular weight excluding hydrogens is 315 g/mol. The number of piperidine rings is 1. The van der Waals surface area contributed by atoms with E-state index in [0.717, 1.165) is 17.8 Å². The van der Waals surface area contributed by atoms with Crippen molar-refractivity contribution < 1.29 is 8.42 Å². The van der Waals surface area contributed by atoms with Gasteiger partial charge in [-0.3, -0.25) is 0 Å². The molecule has 0 amide bonds. The maximum Gasteiger partial charge on any atom is 0.245 e. The average molecular weight is 325 g/mol. The first-order valence-corrected chi connectivity index (χ1v) is 8.31. The molecule has 0 bridgehead atoms. The van der Waals surface area contributed by atoms with Crippen LogP contribution in [0.4, 0.5) is 0 Å². The molecule has 18 heavy (non-hydrogen) atoms. The predicted octanol–water partition coefficient (Wildman–Crippen LogP) is 2.98. The van der Waals surface area contributed by atoms with E-state index in [1.807, 2.05) is 0 Å². The largest absolute Gasteiger partial charge is 0.245 e. The summed E-state index contributed by atoms with van der Waals surface area (Å²) in [6, 6.07) is 3.48.